The maximum Gasteiger partial charge on any atom is 0.161 e. The third kappa shape index (κ3) is 3.69. The molecular formula is C17H26O4. The van der Waals surface area contributed by atoms with Gasteiger partial charge >= 0.3 is 0 Å². The summed E-state index contributed by atoms with van der Waals surface area (Å²) < 4.78 is 16.2. The van der Waals surface area contributed by atoms with Gasteiger partial charge in [-0.25, -0.2) is 0 Å². The Balaban J connectivity index is 2.18. The minimum atomic E-state index is -0.641. The number of methoxy groups -OCH3 is 3. The number of benzene rings is 1. The Labute approximate surface area is 127 Å². The number of ether oxygens (including phenoxy) is 3. The van der Waals surface area contributed by atoms with Crippen LogP contribution in [0.1, 0.15) is 43.8 Å². The molecule has 0 bridgehead atoms. The lowest BCUT2D eigenvalue weighted by Crippen LogP contribution is -2.31. The molecule has 1 saturated carbocycles. The summed E-state index contributed by atoms with van der Waals surface area (Å²) in [5.74, 6) is 1.72. The molecule has 1 N–H and O–H groups in total. The van der Waals surface area contributed by atoms with Gasteiger partial charge < -0.3 is 19.3 Å². The zero-order valence-electron chi connectivity index (χ0n) is 13.2. The van der Waals surface area contributed by atoms with E-state index in [4.69, 9.17) is 14.2 Å². The van der Waals surface area contributed by atoms with E-state index in [0.717, 1.165) is 18.4 Å². The van der Waals surface area contributed by atoms with Gasteiger partial charge in [0.15, 0.2) is 11.5 Å². The SMILES string of the molecule is COc1ccc(C(O)C(OC)C2CCCCC2)cc1OC. The molecule has 0 saturated heterocycles. The van der Waals surface area contributed by atoms with E-state index >= 15 is 0 Å². The van der Waals surface area contributed by atoms with Crippen molar-refractivity contribution in [1.82, 2.24) is 0 Å². The Bertz CT molecular complexity index is 440. The van der Waals surface area contributed by atoms with Crippen molar-refractivity contribution in [2.45, 2.75) is 44.3 Å². The molecule has 0 spiro atoms. The van der Waals surface area contributed by atoms with Crippen LogP contribution in [0.25, 0.3) is 0 Å². The van der Waals surface area contributed by atoms with Crippen LogP contribution in [-0.2, 0) is 4.74 Å². The first-order chi connectivity index (χ1) is 10.2. The lowest BCUT2D eigenvalue weighted by molar-refractivity contribution is -0.0559. The second-order valence-electron chi connectivity index (χ2n) is 5.66. The van der Waals surface area contributed by atoms with Gasteiger partial charge in [0.25, 0.3) is 0 Å². The molecule has 2 atom stereocenters. The first kappa shape index (κ1) is 16.1. The Morgan fingerprint density at radius 1 is 1.00 bits per heavy atom. The Kier molecular flexibility index (Phi) is 5.88. The zero-order valence-corrected chi connectivity index (χ0v) is 13.2. The van der Waals surface area contributed by atoms with E-state index in [0.29, 0.717) is 17.4 Å². The highest BCUT2D eigenvalue weighted by Gasteiger charge is 2.30. The van der Waals surface area contributed by atoms with E-state index < -0.39 is 6.10 Å². The molecule has 0 aliphatic heterocycles. The molecule has 1 fully saturated rings. The molecular weight excluding hydrogens is 268 g/mol. The first-order valence-electron chi connectivity index (χ1n) is 7.64. The van der Waals surface area contributed by atoms with E-state index in [2.05, 4.69) is 0 Å². The summed E-state index contributed by atoms with van der Waals surface area (Å²) in [7, 11) is 4.89. The molecule has 21 heavy (non-hydrogen) atoms. The summed E-state index contributed by atoms with van der Waals surface area (Å²) in [6, 6.07) is 5.53. The van der Waals surface area contributed by atoms with Gasteiger partial charge in [-0.3, -0.25) is 0 Å². The van der Waals surface area contributed by atoms with Crippen LogP contribution in [0.5, 0.6) is 11.5 Å². The van der Waals surface area contributed by atoms with Gasteiger partial charge in [0.05, 0.1) is 20.3 Å². The fraction of sp³-hybridized carbons (Fsp3) is 0.647. The van der Waals surface area contributed by atoms with E-state index in [1.165, 1.54) is 19.3 Å². The second kappa shape index (κ2) is 7.66. The van der Waals surface area contributed by atoms with Gasteiger partial charge in [-0.1, -0.05) is 25.3 Å². The summed E-state index contributed by atoms with van der Waals surface area (Å²) in [5, 5.41) is 10.7. The van der Waals surface area contributed by atoms with Gasteiger partial charge in [-0.2, -0.15) is 0 Å². The predicted octanol–water partition coefficient (Wildman–Crippen LogP) is 3.33. The maximum absolute atomic E-state index is 10.7. The van der Waals surface area contributed by atoms with Gasteiger partial charge in [0.1, 0.15) is 6.10 Å². The molecule has 0 aromatic heterocycles. The molecule has 1 aliphatic carbocycles. The molecule has 1 aromatic carbocycles. The van der Waals surface area contributed by atoms with Crippen molar-refractivity contribution >= 4 is 0 Å². The molecule has 0 amide bonds. The predicted molar refractivity (Wildman–Crippen MR) is 81.9 cm³/mol. The van der Waals surface area contributed by atoms with Crippen LogP contribution >= 0.6 is 0 Å². The highest BCUT2D eigenvalue weighted by atomic mass is 16.5. The standard InChI is InChI=1S/C17H26O4/c1-19-14-10-9-13(11-15(14)20-2)16(18)17(21-3)12-7-5-4-6-8-12/h9-12,16-18H,4-8H2,1-3H3. The third-order valence-corrected chi connectivity index (χ3v) is 4.45. The van der Waals surface area contributed by atoms with E-state index in [1.807, 2.05) is 18.2 Å². The first-order valence-corrected chi connectivity index (χ1v) is 7.64. The van der Waals surface area contributed by atoms with Crippen molar-refractivity contribution in [2.24, 2.45) is 5.92 Å². The zero-order chi connectivity index (χ0) is 15.2. The van der Waals surface area contributed by atoms with Crippen LogP contribution in [-0.4, -0.2) is 32.5 Å². The third-order valence-electron chi connectivity index (χ3n) is 4.45. The fourth-order valence-corrected chi connectivity index (χ4v) is 3.27. The van der Waals surface area contributed by atoms with Gasteiger partial charge in [-0.05, 0) is 36.5 Å². The number of rotatable bonds is 6. The van der Waals surface area contributed by atoms with Crippen molar-refractivity contribution in [2.75, 3.05) is 21.3 Å². The second-order valence-corrected chi connectivity index (χ2v) is 5.66. The molecule has 0 heterocycles. The Morgan fingerprint density at radius 3 is 2.24 bits per heavy atom. The molecule has 2 unspecified atom stereocenters. The van der Waals surface area contributed by atoms with Crippen LogP contribution < -0.4 is 9.47 Å². The van der Waals surface area contributed by atoms with Crippen molar-refractivity contribution in [3.8, 4) is 11.5 Å². The highest BCUT2D eigenvalue weighted by molar-refractivity contribution is 5.43. The molecule has 2 rings (SSSR count). The summed E-state index contributed by atoms with van der Waals surface area (Å²) >= 11 is 0. The monoisotopic (exact) mass is 294 g/mol. The van der Waals surface area contributed by atoms with Crippen LogP contribution in [0, 0.1) is 5.92 Å². The number of aliphatic hydroxyl groups is 1. The summed E-state index contributed by atoms with van der Waals surface area (Å²) in [5.41, 5.74) is 0.810. The fourth-order valence-electron chi connectivity index (χ4n) is 3.27. The summed E-state index contributed by atoms with van der Waals surface area (Å²) in [6.45, 7) is 0. The molecule has 1 aromatic rings. The van der Waals surface area contributed by atoms with Crippen LogP contribution in [0.4, 0.5) is 0 Å². The molecule has 1 aliphatic rings. The van der Waals surface area contributed by atoms with Crippen LogP contribution in [0.2, 0.25) is 0 Å². The minimum absolute atomic E-state index is 0.164. The van der Waals surface area contributed by atoms with E-state index in [1.54, 1.807) is 21.3 Å². The summed E-state index contributed by atoms with van der Waals surface area (Å²) in [6.07, 6.45) is 5.19. The van der Waals surface area contributed by atoms with Crippen molar-refractivity contribution in [3.05, 3.63) is 23.8 Å². The number of hydrogen-bond acceptors (Lipinski definition) is 4. The summed E-state index contributed by atoms with van der Waals surface area (Å²) in [4.78, 5) is 0. The topological polar surface area (TPSA) is 47.9 Å². The van der Waals surface area contributed by atoms with E-state index in [-0.39, 0.29) is 6.10 Å². The van der Waals surface area contributed by atoms with Crippen LogP contribution in [0.3, 0.4) is 0 Å². The highest BCUT2D eigenvalue weighted by Crippen LogP contribution is 2.36. The molecule has 4 heteroatoms. The smallest absolute Gasteiger partial charge is 0.161 e. The normalized spacial score (nSPS) is 19.0. The Hall–Kier alpha value is -1.26. The minimum Gasteiger partial charge on any atom is -0.493 e. The van der Waals surface area contributed by atoms with Gasteiger partial charge in [-0.15, -0.1) is 0 Å². The average molecular weight is 294 g/mol. The largest absolute Gasteiger partial charge is 0.493 e. The number of aliphatic hydroxyl groups excluding tert-OH is 1. The van der Waals surface area contributed by atoms with Gasteiger partial charge in [0.2, 0.25) is 0 Å². The number of hydrogen-bond donors (Lipinski definition) is 1. The molecule has 4 nitrogen and oxygen atoms in total. The average Bonchev–Trinajstić information content (AvgIpc) is 2.55. The molecule has 118 valence electrons. The lowest BCUT2D eigenvalue weighted by atomic mass is 9.82. The maximum atomic E-state index is 10.7. The van der Waals surface area contributed by atoms with Crippen molar-refractivity contribution < 1.29 is 19.3 Å². The Morgan fingerprint density at radius 2 is 1.67 bits per heavy atom. The van der Waals surface area contributed by atoms with Crippen LogP contribution in [0.15, 0.2) is 18.2 Å². The quantitative estimate of drug-likeness (QED) is 0.874. The van der Waals surface area contributed by atoms with Crippen molar-refractivity contribution in [1.29, 1.82) is 0 Å². The van der Waals surface area contributed by atoms with Gasteiger partial charge in [0, 0.05) is 7.11 Å². The lowest BCUT2D eigenvalue weighted by Gasteiger charge is -2.32. The molecule has 0 radical (unpaired) electrons. The van der Waals surface area contributed by atoms with Crippen molar-refractivity contribution in [3.63, 3.8) is 0 Å². The van der Waals surface area contributed by atoms with E-state index in [9.17, 15) is 5.11 Å².